The Morgan fingerprint density at radius 2 is 2.09 bits per heavy atom. The largest absolute Gasteiger partial charge is 0.496 e. The Bertz CT molecular complexity index is 734. The van der Waals surface area contributed by atoms with Crippen LogP contribution in [0.1, 0.15) is 10.5 Å². The van der Waals surface area contributed by atoms with Crippen LogP contribution in [0, 0.1) is 5.92 Å². The van der Waals surface area contributed by atoms with Gasteiger partial charge in [0.25, 0.3) is 5.91 Å². The van der Waals surface area contributed by atoms with Gasteiger partial charge in [0.1, 0.15) is 11.4 Å². The topological polar surface area (TPSA) is 87.3 Å². The summed E-state index contributed by atoms with van der Waals surface area (Å²) in [6, 6.07) is 9.19. The highest BCUT2D eigenvalue weighted by Gasteiger charge is 2.36. The highest BCUT2D eigenvalue weighted by atomic mass is 16.5. The van der Waals surface area contributed by atoms with Crippen LogP contribution in [0.4, 0.5) is 0 Å². The molecule has 0 unspecified atom stereocenters. The van der Waals surface area contributed by atoms with Gasteiger partial charge < -0.3 is 15.0 Å². The zero-order chi connectivity index (χ0) is 16.4. The summed E-state index contributed by atoms with van der Waals surface area (Å²) in [5.41, 5.74) is 1.87. The summed E-state index contributed by atoms with van der Waals surface area (Å²) in [6.07, 6.45) is 0. The fourth-order valence-corrected chi connectivity index (χ4v) is 2.61. The van der Waals surface area contributed by atoms with E-state index in [0.717, 1.165) is 5.56 Å². The van der Waals surface area contributed by atoms with Gasteiger partial charge in [0.15, 0.2) is 0 Å². The van der Waals surface area contributed by atoms with Crippen molar-refractivity contribution in [1.29, 1.82) is 0 Å². The lowest BCUT2D eigenvalue weighted by atomic mass is 9.99. The minimum atomic E-state index is -0.154. The summed E-state index contributed by atoms with van der Waals surface area (Å²) in [4.78, 5) is 25.5. The molecule has 1 aliphatic heterocycles. The van der Waals surface area contributed by atoms with E-state index < -0.39 is 0 Å². The monoisotopic (exact) mass is 314 g/mol. The predicted octanol–water partition coefficient (Wildman–Crippen LogP) is 0.903. The van der Waals surface area contributed by atoms with Crippen molar-refractivity contribution < 1.29 is 14.3 Å². The molecule has 0 aliphatic carbocycles. The summed E-state index contributed by atoms with van der Waals surface area (Å²) in [6.45, 7) is 0.864. The van der Waals surface area contributed by atoms with Crippen LogP contribution >= 0.6 is 0 Å². The molecule has 0 bridgehead atoms. The van der Waals surface area contributed by atoms with Gasteiger partial charge in [-0.2, -0.15) is 5.10 Å². The van der Waals surface area contributed by atoms with E-state index in [-0.39, 0.29) is 17.7 Å². The SMILES string of the molecule is CNC(=O)C1CN(C(=O)c2cc(-c3ccccc3OC)n[nH]2)C1. The minimum absolute atomic E-state index is 0.0339. The molecule has 1 aliphatic rings. The number of carbonyl (C=O) groups excluding carboxylic acids is 2. The van der Waals surface area contributed by atoms with E-state index in [2.05, 4.69) is 15.5 Å². The Kier molecular flexibility index (Phi) is 4.01. The molecule has 23 heavy (non-hydrogen) atoms. The first-order chi connectivity index (χ1) is 11.1. The number of nitrogens with one attached hydrogen (secondary N) is 2. The molecular weight excluding hydrogens is 296 g/mol. The molecule has 2 N–H and O–H groups in total. The second-order valence-electron chi connectivity index (χ2n) is 5.39. The lowest BCUT2D eigenvalue weighted by Gasteiger charge is -2.37. The number of hydrogen-bond donors (Lipinski definition) is 2. The van der Waals surface area contributed by atoms with Crippen LogP contribution in [0.15, 0.2) is 30.3 Å². The van der Waals surface area contributed by atoms with Crippen LogP contribution in [-0.4, -0.2) is 54.2 Å². The Balaban J connectivity index is 1.73. The van der Waals surface area contributed by atoms with E-state index in [4.69, 9.17) is 4.74 Å². The van der Waals surface area contributed by atoms with Gasteiger partial charge in [0.05, 0.1) is 18.7 Å². The summed E-state index contributed by atoms with van der Waals surface area (Å²) in [5, 5.41) is 9.55. The normalized spacial score (nSPS) is 14.3. The molecular formula is C16H18N4O3. The number of ether oxygens (including phenoxy) is 1. The standard InChI is InChI=1S/C16H18N4O3/c1-17-15(21)10-8-20(9-10)16(22)13-7-12(18-19-13)11-5-3-4-6-14(11)23-2/h3-7,10H,8-9H2,1-2H3,(H,17,21)(H,18,19). The number of amides is 2. The maximum atomic E-state index is 12.4. The number of rotatable bonds is 4. The highest BCUT2D eigenvalue weighted by molar-refractivity contribution is 5.95. The first kappa shape index (κ1) is 15.1. The lowest BCUT2D eigenvalue weighted by molar-refractivity contribution is -0.128. The van der Waals surface area contributed by atoms with Crippen molar-refractivity contribution in [2.45, 2.75) is 0 Å². The van der Waals surface area contributed by atoms with Crippen molar-refractivity contribution in [3.8, 4) is 17.0 Å². The Labute approximate surface area is 133 Å². The first-order valence-corrected chi connectivity index (χ1v) is 7.33. The number of benzene rings is 1. The van der Waals surface area contributed by atoms with Gasteiger partial charge >= 0.3 is 0 Å². The van der Waals surface area contributed by atoms with Crippen LogP contribution < -0.4 is 10.1 Å². The number of likely N-dealkylation sites (tertiary alicyclic amines) is 1. The molecule has 0 saturated carbocycles. The molecule has 1 aromatic heterocycles. The fraction of sp³-hybridized carbons (Fsp3) is 0.312. The van der Waals surface area contributed by atoms with E-state index in [1.54, 1.807) is 25.1 Å². The van der Waals surface area contributed by atoms with Gasteiger partial charge in [-0.3, -0.25) is 14.7 Å². The Hall–Kier alpha value is -2.83. The molecule has 1 aromatic carbocycles. The number of carbonyl (C=O) groups is 2. The van der Waals surface area contributed by atoms with Gasteiger partial charge in [0, 0.05) is 25.7 Å². The zero-order valence-corrected chi connectivity index (χ0v) is 13.0. The second-order valence-corrected chi connectivity index (χ2v) is 5.39. The third-order valence-electron chi connectivity index (χ3n) is 3.98. The van der Waals surface area contributed by atoms with Crippen LogP contribution in [0.2, 0.25) is 0 Å². The average Bonchev–Trinajstić information content (AvgIpc) is 3.02. The Morgan fingerprint density at radius 3 is 2.78 bits per heavy atom. The van der Waals surface area contributed by atoms with Gasteiger partial charge in [-0.1, -0.05) is 12.1 Å². The molecule has 2 amide bonds. The number of aromatic nitrogens is 2. The number of aromatic amines is 1. The first-order valence-electron chi connectivity index (χ1n) is 7.33. The maximum absolute atomic E-state index is 12.4. The number of H-pyrrole nitrogens is 1. The van der Waals surface area contributed by atoms with Crippen molar-refractivity contribution in [2.75, 3.05) is 27.2 Å². The van der Waals surface area contributed by atoms with Gasteiger partial charge in [-0.25, -0.2) is 0 Å². The smallest absolute Gasteiger partial charge is 0.271 e. The van der Waals surface area contributed by atoms with E-state index in [9.17, 15) is 9.59 Å². The molecule has 120 valence electrons. The molecule has 0 radical (unpaired) electrons. The summed E-state index contributed by atoms with van der Waals surface area (Å²) >= 11 is 0. The van der Waals surface area contributed by atoms with Crippen LogP contribution in [0.3, 0.4) is 0 Å². The summed E-state index contributed by atoms with van der Waals surface area (Å²) in [5.74, 6) is 0.384. The van der Waals surface area contributed by atoms with Crippen LogP contribution in [0.25, 0.3) is 11.3 Å². The quantitative estimate of drug-likeness (QED) is 0.878. The molecule has 0 spiro atoms. The Morgan fingerprint density at radius 1 is 1.35 bits per heavy atom. The number of para-hydroxylation sites is 1. The molecule has 7 nitrogen and oxygen atoms in total. The number of hydrogen-bond acceptors (Lipinski definition) is 4. The molecule has 1 fully saturated rings. The molecule has 7 heteroatoms. The average molecular weight is 314 g/mol. The van der Waals surface area contributed by atoms with Crippen molar-refractivity contribution in [3.63, 3.8) is 0 Å². The lowest BCUT2D eigenvalue weighted by Crippen LogP contribution is -2.55. The van der Waals surface area contributed by atoms with Crippen LogP contribution in [0.5, 0.6) is 5.75 Å². The van der Waals surface area contributed by atoms with Crippen molar-refractivity contribution >= 4 is 11.8 Å². The van der Waals surface area contributed by atoms with Crippen molar-refractivity contribution in [3.05, 3.63) is 36.0 Å². The predicted molar refractivity (Wildman–Crippen MR) is 84.0 cm³/mol. The third-order valence-corrected chi connectivity index (χ3v) is 3.98. The van der Waals surface area contributed by atoms with Crippen molar-refractivity contribution in [1.82, 2.24) is 20.4 Å². The van der Waals surface area contributed by atoms with Crippen LogP contribution in [-0.2, 0) is 4.79 Å². The number of nitrogens with zero attached hydrogens (tertiary/aromatic N) is 2. The van der Waals surface area contributed by atoms with Crippen molar-refractivity contribution in [2.24, 2.45) is 5.92 Å². The van der Waals surface area contributed by atoms with E-state index >= 15 is 0 Å². The van der Waals surface area contributed by atoms with E-state index in [1.165, 1.54) is 0 Å². The molecule has 0 atom stereocenters. The van der Waals surface area contributed by atoms with Gasteiger partial charge in [-0.05, 0) is 18.2 Å². The fourth-order valence-electron chi connectivity index (χ4n) is 2.61. The van der Waals surface area contributed by atoms with E-state index in [1.807, 2.05) is 24.3 Å². The molecule has 1 saturated heterocycles. The number of methoxy groups -OCH3 is 1. The second kappa shape index (κ2) is 6.12. The summed E-state index contributed by atoms with van der Waals surface area (Å²) in [7, 11) is 3.19. The van der Waals surface area contributed by atoms with Gasteiger partial charge in [-0.15, -0.1) is 0 Å². The molecule has 2 heterocycles. The third kappa shape index (κ3) is 2.77. The highest BCUT2D eigenvalue weighted by Crippen LogP contribution is 2.29. The zero-order valence-electron chi connectivity index (χ0n) is 13.0. The minimum Gasteiger partial charge on any atom is -0.496 e. The molecule has 3 rings (SSSR count). The molecule has 2 aromatic rings. The van der Waals surface area contributed by atoms with Gasteiger partial charge in [0.2, 0.25) is 5.91 Å². The maximum Gasteiger partial charge on any atom is 0.271 e. The van der Waals surface area contributed by atoms with E-state index in [0.29, 0.717) is 30.2 Å². The summed E-state index contributed by atoms with van der Waals surface area (Å²) < 4.78 is 5.31.